The molecule has 0 unspecified atom stereocenters. The Morgan fingerprint density at radius 2 is 1.67 bits per heavy atom. The first-order valence-electron chi connectivity index (χ1n) is 7.98. The molecule has 1 aromatic carbocycles. The Bertz CT molecular complexity index is 948. The molecule has 2 aromatic rings. The predicted molar refractivity (Wildman–Crippen MR) is 80.7 cm³/mol. The number of Topliss-reactive ketones (excluding diaryl/α,β-unsaturated/α-hetero) is 2. The van der Waals surface area contributed by atoms with Crippen LogP contribution < -0.4 is 0 Å². The van der Waals surface area contributed by atoms with Crippen LogP contribution >= 0.6 is 0 Å². The van der Waals surface area contributed by atoms with Crippen molar-refractivity contribution in [3.05, 3.63) is 76.1 Å². The summed E-state index contributed by atoms with van der Waals surface area (Å²) in [6.07, 6.45) is -6.62. The van der Waals surface area contributed by atoms with Gasteiger partial charge in [0.2, 0.25) is 0 Å². The molecule has 0 atom stereocenters. The van der Waals surface area contributed by atoms with Crippen molar-refractivity contribution in [2.24, 2.45) is 0 Å². The van der Waals surface area contributed by atoms with Crippen LogP contribution in [0.25, 0.3) is 0 Å². The van der Waals surface area contributed by atoms with Crippen LogP contribution in [0.4, 0.5) is 13.2 Å². The molecule has 0 saturated heterocycles. The summed E-state index contributed by atoms with van der Waals surface area (Å²) in [5.41, 5.74) is -1.66. The number of allylic oxidation sites excluding steroid dienone is 2. The van der Waals surface area contributed by atoms with Gasteiger partial charge in [-0.3, -0.25) is 14.6 Å². The monoisotopic (exact) mass is 333 g/mol. The summed E-state index contributed by atoms with van der Waals surface area (Å²) in [6.45, 7) is 1.33. The fourth-order valence-corrected chi connectivity index (χ4v) is 2.41. The second-order valence-electron chi connectivity index (χ2n) is 5.26. The molecule has 0 fully saturated rings. The van der Waals surface area contributed by atoms with Gasteiger partial charge in [-0.05, 0) is 19.1 Å². The number of pyridine rings is 1. The van der Waals surface area contributed by atoms with E-state index in [0.717, 1.165) is 6.07 Å². The van der Waals surface area contributed by atoms with Gasteiger partial charge < -0.3 is 0 Å². The van der Waals surface area contributed by atoms with Gasteiger partial charge in [-0.1, -0.05) is 24.3 Å². The summed E-state index contributed by atoms with van der Waals surface area (Å²) in [4.78, 5) is 28.8. The number of hydrogen-bond donors (Lipinski definition) is 0. The van der Waals surface area contributed by atoms with Gasteiger partial charge in [0.25, 0.3) is 0 Å². The van der Waals surface area contributed by atoms with E-state index in [9.17, 15) is 22.8 Å². The standard InChI is InChI=1S/C18H12F3NO2/c1-10-15(8-12-7-6-11(9-22-12)18(19,20)21)17(24)14-5-3-2-4-13(14)16(10)23/h2-7,9H,8H2,1H3/i8D2. The number of carbonyl (C=O) groups excluding carboxylic acids is 2. The summed E-state index contributed by atoms with van der Waals surface area (Å²) < 4.78 is 54.6. The number of carbonyl (C=O) groups is 2. The van der Waals surface area contributed by atoms with Crippen LogP contribution in [0.15, 0.2) is 53.7 Å². The van der Waals surface area contributed by atoms with Gasteiger partial charge in [0.15, 0.2) is 11.6 Å². The largest absolute Gasteiger partial charge is 0.417 e. The van der Waals surface area contributed by atoms with Crippen molar-refractivity contribution in [1.29, 1.82) is 0 Å². The molecule has 1 aromatic heterocycles. The number of rotatable bonds is 2. The maximum absolute atomic E-state index is 12.8. The van der Waals surface area contributed by atoms with E-state index in [1.807, 2.05) is 0 Å². The van der Waals surface area contributed by atoms with Gasteiger partial charge in [-0.2, -0.15) is 13.2 Å². The highest BCUT2D eigenvalue weighted by atomic mass is 19.4. The molecule has 0 bridgehead atoms. The highest BCUT2D eigenvalue weighted by molar-refractivity contribution is 6.26. The first-order chi connectivity index (χ1) is 12.0. The van der Waals surface area contributed by atoms with Crippen molar-refractivity contribution < 1.29 is 25.5 Å². The van der Waals surface area contributed by atoms with E-state index in [1.165, 1.54) is 19.1 Å². The van der Waals surface area contributed by atoms with E-state index in [0.29, 0.717) is 12.3 Å². The maximum Gasteiger partial charge on any atom is 0.417 e. The second-order valence-corrected chi connectivity index (χ2v) is 5.26. The fraction of sp³-hybridized carbons (Fsp3) is 0.167. The second kappa shape index (κ2) is 5.70. The highest BCUT2D eigenvalue weighted by Crippen LogP contribution is 2.30. The van der Waals surface area contributed by atoms with E-state index in [1.54, 1.807) is 12.1 Å². The lowest BCUT2D eigenvalue weighted by Crippen LogP contribution is -2.22. The summed E-state index contributed by atoms with van der Waals surface area (Å²) >= 11 is 0. The molecular formula is C18H12F3NO2. The number of hydrogen-bond acceptors (Lipinski definition) is 3. The third kappa shape index (κ3) is 2.75. The lowest BCUT2D eigenvalue weighted by molar-refractivity contribution is -0.137. The van der Waals surface area contributed by atoms with Crippen molar-refractivity contribution in [2.75, 3.05) is 0 Å². The minimum atomic E-state index is -4.61. The number of halogens is 3. The Labute approximate surface area is 138 Å². The molecule has 0 saturated carbocycles. The van der Waals surface area contributed by atoms with Crippen molar-refractivity contribution in [3.8, 4) is 0 Å². The van der Waals surface area contributed by atoms with Gasteiger partial charge in [0, 0.05) is 43.3 Å². The average molecular weight is 333 g/mol. The zero-order valence-electron chi connectivity index (χ0n) is 14.4. The first kappa shape index (κ1) is 13.7. The molecule has 0 radical (unpaired) electrons. The van der Waals surface area contributed by atoms with E-state index < -0.39 is 35.3 Å². The van der Waals surface area contributed by atoms with Crippen LogP contribution in [0, 0.1) is 0 Å². The lowest BCUT2D eigenvalue weighted by Gasteiger charge is -2.18. The number of alkyl halides is 3. The minimum absolute atomic E-state index is 0.0638. The molecule has 0 spiro atoms. The van der Waals surface area contributed by atoms with E-state index in [2.05, 4.69) is 4.98 Å². The van der Waals surface area contributed by atoms with Crippen molar-refractivity contribution in [1.82, 2.24) is 4.98 Å². The van der Waals surface area contributed by atoms with Crippen LogP contribution in [0.2, 0.25) is 0 Å². The van der Waals surface area contributed by atoms with Gasteiger partial charge >= 0.3 is 6.18 Å². The summed E-state index contributed by atoms with van der Waals surface area (Å²) in [5, 5.41) is 0. The molecule has 6 heteroatoms. The third-order valence-electron chi connectivity index (χ3n) is 3.70. The fourth-order valence-electron chi connectivity index (χ4n) is 2.41. The van der Waals surface area contributed by atoms with E-state index >= 15 is 0 Å². The molecule has 3 nitrogen and oxygen atoms in total. The highest BCUT2D eigenvalue weighted by Gasteiger charge is 2.32. The summed E-state index contributed by atoms with van der Waals surface area (Å²) in [7, 11) is 0. The number of fused-ring (bicyclic) bond motifs is 1. The normalized spacial score (nSPS) is 16.7. The quantitative estimate of drug-likeness (QED) is 0.833. The zero-order valence-corrected chi connectivity index (χ0v) is 12.4. The SMILES string of the molecule is [2H]C([2H])(C1=C(C)C(=O)c2ccccc2C1=O)c1ccc(C(F)(F)F)cn1. The number of nitrogens with zero attached hydrogens (tertiary/aromatic N) is 1. The molecule has 122 valence electrons. The number of aromatic nitrogens is 1. The molecule has 0 N–H and O–H groups in total. The molecule has 1 aliphatic rings. The van der Waals surface area contributed by atoms with Crippen LogP contribution in [-0.4, -0.2) is 16.6 Å². The molecule has 1 heterocycles. The minimum Gasteiger partial charge on any atom is -0.289 e. The summed E-state index contributed by atoms with van der Waals surface area (Å²) in [6, 6.07) is 7.60. The van der Waals surface area contributed by atoms with Crippen LogP contribution in [-0.2, 0) is 12.5 Å². The molecular weight excluding hydrogens is 319 g/mol. The van der Waals surface area contributed by atoms with Crippen LogP contribution in [0.5, 0.6) is 0 Å². The molecule has 3 rings (SSSR count). The molecule has 24 heavy (non-hydrogen) atoms. The Morgan fingerprint density at radius 3 is 2.21 bits per heavy atom. The smallest absolute Gasteiger partial charge is 0.289 e. The predicted octanol–water partition coefficient (Wildman–Crippen LogP) is 4.04. The maximum atomic E-state index is 12.8. The Balaban J connectivity index is 2.11. The van der Waals surface area contributed by atoms with Crippen LogP contribution in [0.1, 0.15) is 41.6 Å². The van der Waals surface area contributed by atoms with Gasteiger partial charge in [0.05, 0.1) is 5.56 Å². The number of benzene rings is 1. The lowest BCUT2D eigenvalue weighted by atomic mass is 9.83. The average Bonchev–Trinajstić information content (AvgIpc) is 2.59. The third-order valence-corrected chi connectivity index (χ3v) is 3.70. The van der Waals surface area contributed by atoms with Crippen molar-refractivity contribution in [3.63, 3.8) is 0 Å². The molecule has 1 aliphatic carbocycles. The summed E-state index contributed by atoms with van der Waals surface area (Å²) in [5.74, 6) is -1.17. The van der Waals surface area contributed by atoms with Crippen LogP contribution in [0.3, 0.4) is 0 Å². The van der Waals surface area contributed by atoms with E-state index in [-0.39, 0.29) is 22.4 Å². The topological polar surface area (TPSA) is 47.0 Å². The Kier molecular flexibility index (Phi) is 3.25. The van der Waals surface area contributed by atoms with Gasteiger partial charge in [-0.15, -0.1) is 0 Å². The Morgan fingerprint density at radius 1 is 1.04 bits per heavy atom. The molecule has 0 amide bonds. The van der Waals surface area contributed by atoms with Gasteiger partial charge in [0.1, 0.15) is 0 Å². The zero-order chi connectivity index (χ0) is 19.3. The van der Waals surface area contributed by atoms with Gasteiger partial charge in [-0.25, -0.2) is 0 Å². The first-order valence-corrected chi connectivity index (χ1v) is 6.98. The van der Waals surface area contributed by atoms with Crippen molar-refractivity contribution in [2.45, 2.75) is 19.5 Å². The van der Waals surface area contributed by atoms with Crippen molar-refractivity contribution >= 4 is 11.6 Å². The Hall–Kier alpha value is -2.76. The number of ketones is 2. The van der Waals surface area contributed by atoms with E-state index in [4.69, 9.17) is 2.74 Å². The molecule has 0 aliphatic heterocycles.